The minimum atomic E-state index is -0.00388. The topological polar surface area (TPSA) is 32.3 Å². The zero-order chi connectivity index (χ0) is 13.2. The van der Waals surface area contributed by atoms with Gasteiger partial charge in [0.2, 0.25) is 0 Å². The second kappa shape index (κ2) is 5.41. The van der Waals surface area contributed by atoms with E-state index in [4.69, 9.17) is 11.6 Å². The molecular weight excluding hydrogens is 260 g/mol. The zero-order valence-electron chi connectivity index (χ0n) is 11.0. The van der Waals surface area contributed by atoms with Gasteiger partial charge in [0.1, 0.15) is 0 Å². The molecule has 0 unspecified atom stereocenters. The summed E-state index contributed by atoms with van der Waals surface area (Å²) in [7, 11) is 0. The van der Waals surface area contributed by atoms with Crippen molar-refractivity contribution in [1.29, 1.82) is 0 Å². The summed E-state index contributed by atoms with van der Waals surface area (Å²) in [5.41, 5.74) is 1.77. The lowest BCUT2D eigenvalue weighted by Crippen LogP contribution is -2.39. The maximum absolute atomic E-state index is 12.1. The summed E-state index contributed by atoms with van der Waals surface area (Å²) < 4.78 is 0. The van der Waals surface area contributed by atoms with Crippen LogP contribution in [0.4, 0.5) is 5.69 Å². The van der Waals surface area contributed by atoms with Gasteiger partial charge in [-0.2, -0.15) is 0 Å². The first-order valence-electron chi connectivity index (χ1n) is 7.10. The highest BCUT2D eigenvalue weighted by Gasteiger charge is 2.27. The molecule has 1 N–H and O–H groups in total. The fraction of sp³-hybridized carbons (Fsp3) is 0.533. The molecule has 0 bridgehead atoms. The summed E-state index contributed by atoms with van der Waals surface area (Å²) in [6, 6.07) is 6.24. The van der Waals surface area contributed by atoms with E-state index in [1.807, 2.05) is 12.1 Å². The quantitative estimate of drug-likeness (QED) is 0.855. The van der Waals surface area contributed by atoms with Crippen molar-refractivity contribution in [2.24, 2.45) is 0 Å². The summed E-state index contributed by atoms with van der Waals surface area (Å²) in [6.45, 7) is 1.60. The Balaban J connectivity index is 1.97. The number of hydrogen-bond donors (Lipinski definition) is 1. The Morgan fingerprint density at radius 1 is 1.21 bits per heavy atom. The summed E-state index contributed by atoms with van der Waals surface area (Å²) in [4.78, 5) is 14.5. The number of fused-ring (bicyclic) bond motifs is 1. The van der Waals surface area contributed by atoms with Gasteiger partial charge in [0, 0.05) is 29.8 Å². The normalized spacial score (nSPS) is 20.7. The lowest BCUT2D eigenvalue weighted by atomic mass is 9.93. The minimum absolute atomic E-state index is 0.00388. The van der Waals surface area contributed by atoms with Crippen LogP contribution in [0.1, 0.15) is 42.5 Å². The van der Waals surface area contributed by atoms with Crippen LogP contribution >= 0.6 is 11.6 Å². The van der Waals surface area contributed by atoms with Crippen LogP contribution < -0.4 is 10.2 Å². The largest absolute Gasteiger partial charge is 0.366 e. The molecule has 1 aromatic rings. The molecule has 1 saturated carbocycles. The van der Waals surface area contributed by atoms with Crippen LogP contribution in [-0.2, 0) is 0 Å². The van der Waals surface area contributed by atoms with Crippen LogP contribution in [-0.4, -0.2) is 25.0 Å². The molecule has 19 heavy (non-hydrogen) atoms. The summed E-state index contributed by atoms with van der Waals surface area (Å²) in [5.74, 6) is -0.00388. The minimum Gasteiger partial charge on any atom is -0.366 e. The lowest BCUT2D eigenvalue weighted by Gasteiger charge is -2.35. The third-order valence-corrected chi connectivity index (χ3v) is 4.40. The van der Waals surface area contributed by atoms with Crippen LogP contribution in [0.15, 0.2) is 18.2 Å². The SMILES string of the molecule is O=C1NCCN(C2CCCCC2)c2ccc(Cl)cc21. The molecule has 3 rings (SSSR count). The molecule has 1 heterocycles. The van der Waals surface area contributed by atoms with Gasteiger partial charge in [-0.05, 0) is 31.0 Å². The fourth-order valence-corrected chi connectivity index (χ4v) is 3.39. The first-order valence-corrected chi connectivity index (χ1v) is 7.48. The van der Waals surface area contributed by atoms with E-state index in [0.29, 0.717) is 17.6 Å². The Labute approximate surface area is 118 Å². The van der Waals surface area contributed by atoms with Crippen LogP contribution in [0.25, 0.3) is 0 Å². The van der Waals surface area contributed by atoms with Crippen molar-refractivity contribution >= 4 is 23.2 Å². The molecule has 2 aliphatic rings. The predicted octanol–water partition coefficient (Wildman–Crippen LogP) is 3.22. The maximum atomic E-state index is 12.1. The number of carbonyl (C=O) groups is 1. The third-order valence-electron chi connectivity index (χ3n) is 4.17. The molecular formula is C15H19ClN2O. The van der Waals surface area contributed by atoms with E-state index in [1.54, 1.807) is 6.07 Å². The molecule has 102 valence electrons. The smallest absolute Gasteiger partial charge is 0.253 e. The number of carbonyl (C=O) groups excluding carboxylic acids is 1. The number of halogens is 1. The van der Waals surface area contributed by atoms with Gasteiger partial charge in [-0.25, -0.2) is 0 Å². The van der Waals surface area contributed by atoms with Crippen LogP contribution in [0.2, 0.25) is 5.02 Å². The molecule has 0 atom stereocenters. The number of benzene rings is 1. The van der Waals surface area contributed by atoms with Crippen molar-refractivity contribution in [2.45, 2.75) is 38.1 Å². The van der Waals surface area contributed by atoms with Crippen molar-refractivity contribution in [2.75, 3.05) is 18.0 Å². The highest BCUT2D eigenvalue weighted by atomic mass is 35.5. The van der Waals surface area contributed by atoms with Crippen molar-refractivity contribution in [3.8, 4) is 0 Å². The Kier molecular flexibility index (Phi) is 3.65. The molecule has 4 heteroatoms. The van der Waals surface area contributed by atoms with E-state index in [1.165, 1.54) is 32.1 Å². The number of rotatable bonds is 1. The van der Waals surface area contributed by atoms with Crippen LogP contribution in [0.5, 0.6) is 0 Å². The molecule has 3 nitrogen and oxygen atoms in total. The van der Waals surface area contributed by atoms with Gasteiger partial charge in [0.05, 0.1) is 5.56 Å². The van der Waals surface area contributed by atoms with Crippen molar-refractivity contribution in [3.63, 3.8) is 0 Å². The average Bonchev–Trinajstić information content (AvgIpc) is 2.60. The van der Waals surface area contributed by atoms with E-state index in [0.717, 1.165) is 17.8 Å². The highest BCUT2D eigenvalue weighted by Crippen LogP contribution is 2.32. The second-order valence-electron chi connectivity index (χ2n) is 5.40. The summed E-state index contributed by atoms with van der Waals surface area (Å²) in [6.07, 6.45) is 6.40. The van der Waals surface area contributed by atoms with E-state index in [9.17, 15) is 4.79 Å². The van der Waals surface area contributed by atoms with Gasteiger partial charge in [0.15, 0.2) is 0 Å². The van der Waals surface area contributed by atoms with Gasteiger partial charge in [-0.15, -0.1) is 0 Å². The maximum Gasteiger partial charge on any atom is 0.253 e. The molecule has 0 spiro atoms. The first-order chi connectivity index (χ1) is 9.25. The Hall–Kier alpha value is -1.22. The standard InChI is InChI=1S/C15H19ClN2O/c16-11-6-7-14-13(10-11)15(19)17-8-9-18(14)12-4-2-1-3-5-12/h6-7,10,12H,1-5,8-9H2,(H,17,19). The lowest BCUT2D eigenvalue weighted by molar-refractivity contribution is 0.0958. The van der Waals surface area contributed by atoms with Gasteiger partial charge in [-0.1, -0.05) is 30.9 Å². The number of amides is 1. The van der Waals surface area contributed by atoms with Gasteiger partial charge >= 0.3 is 0 Å². The molecule has 1 aromatic carbocycles. The zero-order valence-corrected chi connectivity index (χ0v) is 11.7. The van der Waals surface area contributed by atoms with Gasteiger partial charge in [0.25, 0.3) is 5.91 Å². The van der Waals surface area contributed by atoms with E-state index in [-0.39, 0.29) is 5.91 Å². The molecule has 0 aromatic heterocycles. The van der Waals surface area contributed by atoms with E-state index in [2.05, 4.69) is 10.2 Å². The van der Waals surface area contributed by atoms with E-state index >= 15 is 0 Å². The number of hydrogen-bond acceptors (Lipinski definition) is 2. The predicted molar refractivity (Wildman–Crippen MR) is 78.0 cm³/mol. The molecule has 0 saturated heterocycles. The fourth-order valence-electron chi connectivity index (χ4n) is 3.22. The number of nitrogens with one attached hydrogen (secondary N) is 1. The van der Waals surface area contributed by atoms with Crippen molar-refractivity contribution in [1.82, 2.24) is 5.32 Å². The summed E-state index contributed by atoms with van der Waals surface area (Å²) in [5, 5.41) is 3.58. The third kappa shape index (κ3) is 2.57. The van der Waals surface area contributed by atoms with Crippen LogP contribution in [0.3, 0.4) is 0 Å². The monoisotopic (exact) mass is 278 g/mol. The number of anilines is 1. The highest BCUT2D eigenvalue weighted by molar-refractivity contribution is 6.31. The van der Waals surface area contributed by atoms with Crippen molar-refractivity contribution < 1.29 is 4.79 Å². The van der Waals surface area contributed by atoms with Crippen molar-refractivity contribution in [3.05, 3.63) is 28.8 Å². The Morgan fingerprint density at radius 3 is 2.79 bits per heavy atom. The molecule has 1 fully saturated rings. The molecule has 1 aliphatic heterocycles. The second-order valence-corrected chi connectivity index (χ2v) is 5.84. The number of nitrogens with zero attached hydrogens (tertiary/aromatic N) is 1. The van der Waals surface area contributed by atoms with E-state index < -0.39 is 0 Å². The first kappa shape index (κ1) is 12.8. The van der Waals surface area contributed by atoms with Crippen LogP contribution in [0, 0.1) is 0 Å². The Morgan fingerprint density at radius 2 is 2.00 bits per heavy atom. The van der Waals surface area contributed by atoms with Gasteiger partial charge in [-0.3, -0.25) is 4.79 Å². The molecule has 0 radical (unpaired) electrons. The van der Waals surface area contributed by atoms with Gasteiger partial charge < -0.3 is 10.2 Å². The molecule has 1 amide bonds. The molecule has 1 aliphatic carbocycles. The average molecular weight is 279 g/mol. The summed E-state index contributed by atoms with van der Waals surface area (Å²) >= 11 is 6.03. The Bertz CT molecular complexity index is 483.